The van der Waals surface area contributed by atoms with Crippen LogP contribution in [0.1, 0.15) is 0 Å². The first-order chi connectivity index (χ1) is 10.9. The van der Waals surface area contributed by atoms with Crippen LogP contribution in [0, 0.1) is 0 Å². The molecule has 0 bridgehead atoms. The first-order valence-corrected chi connectivity index (χ1v) is 6.82. The van der Waals surface area contributed by atoms with Crippen molar-refractivity contribution in [2.24, 2.45) is 0 Å². The third-order valence-corrected chi connectivity index (χ3v) is 3.26. The maximum absolute atomic E-state index is 12.2. The molecule has 0 spiro atoms. The van der Waals surface area contributed by atoms with Gasteiger partial charge in [0.15, 0.2) is 0 Å². The predicted octanol–water partition coefficient (Wildman–Crippen LogP) is 4.93. The zero-order valence-corrected chi connectivity index (χ0v) is 12.2. The van der Waals surface area contributed by atoms with E-state index in [2.05, 4.69) is 20.0 Å². The minimum Gasteiger partial charge on any atom is -0.406 e. The van der Waals surface area contributed by atoms with Crippen LogP contribution in [0.15, 0.2) is 48.8 Å². The molecule has 0 atom stereocenters. The Balaban J connectivity index is 1.87. The van der Waals surface area contributed by atoms with Crippen LogP contribution in [0.5, 0.6) is 5.75 Å². The van der Waals surface area contributed by atoms with Crippen LogP contribution in [0.4, 0.5) is 24.8 Å². The molecular weight excluding hydrogens is 331 g/mol. The van der Waals surface area contributed by atoms with Crippen molar-refractivity contribution in [3.05, 3.63) is 53.8 Å². The van der Waals surface area contributed by atoms with Crippen molar-refractivity contribution in [1.82, 2.24) is 9.97 Å². The third kappa shape index (κ3) is 3.81. The number of alkyl halides is 3. The molecule has 0 saturated heterocycles. The van der Waals surface area contributed by atoms with E-state index in [4.69, 9.17) is 11.6 Å². The highest BCUT2D eigenvalue weighted by Gasteiger charge is 2.31. The molecule has 3 rings (SSSR count). The SMILES string of the molecule is FC(F)(F)Oc1ccnc(Nc2cc3c(Cl)cccc3cn2)c1. The number of anilines is 2. The Morgan fingerprint density at radius 1 is 1.04 bits per heavy atom. The number of benzene rings is 1. The zero-order chi connectivity index (χ0) is 16.4. The van der Waals surface area contributed by atoms with Crippen LogP contribution in [0.2, 0.25) is 5.02 Å². The van der Waals surface area contributed by atoms with Gasteiger partial charge in [-0.1, -0.05) is 23.7 Å². The van der Waals surface area contributed by atoms with E-state index in [1.807, 2.05) is 6.07 Å². The van der Waals surface area contributed by atoms with Crippen molar-refractivity contribution in [3.63, 3.8) is 0 Å². The van der Waals surface area contributed by atoms with Gasteiger partial charge in [0.2, 0.25) is 0 Å². The second-order valence-corrected chi connectivity index (χ2v) is 4.99. The highest BCUT2D eigenvalue weighted by atomic mass is 35.5. The van der Waals surface area contributed by atoms with Crippen molar-refractivity contribution in [2.75, 3.05) is 5.32 Å². The maximum Gasteiger partial charge on any atom is 0.573 e. The highest BCUT2D eigenvalue weighted by Crippen LogP contribution is 2.27. The number of rotatable bonds is 3. The normalized spacial score (nSPS) is 11.5. The van der Waals surface area contributed by atoms with Crippen LogP contribution in [0.25, 0.3) is 10.8 Å². The summed E-state index contributed by atoms with van der Waals surface area (Å²) >= 11 is 6.11. The van der Waals surface area contributed by atoms with Crippen molar-refractivity contribution in [3.8, 4) is 5.75 Å². The number of ether oxygens (including phenoxy) is 1. The molecule has 23 heavy (non-hydrogen) atoms. The Kier molecular flexibility index (Phi) is 3.96. The molecule has 4 nitrogen and oxygen atoms in total. The van der Waals surface area contributed by atoms with Gasteiger partial charge in [0.1, 0.15) is 17.4 Å². The zero-order valence-electron chi connectivity index (χ0n) is 11.4. The number of nitrogens with one attached hydrogen (secondary N) is 1. The quantitative estimate of drug-likeness (QED) is 0.735. The molecule has 0 aliphatic carbocycles. The number of hydrogen-bond donors (Lipinski definition) is 1. The number of halogens is 4. The van der Waals surface area contributed by atoms with E-state index in [1.165, 1.54) is 6.20 Å². The van der Waals surface area contributed by atoms with E-state index in [0.29, 0.717) is 10.8 Å². The average Bonchev–Trinajstić information content (AvgIpc) is 2.47. The molecule has 0 aliphatic heterocycles. The first kappa shape index (κ1) is 15.4. The molecule has 1 N–H and O–H groups in total. The minimum atomic E-state index is -4.76. The van der Waals surface area contributed by atoms with Gasteiger partial charge in [0.05, 0.1) is 0 Å². The molecule has 3 aromatic rings. The molecule has 0 amide bonds. The summed E-state index contributed by atoms with van der Waals surface area (Å²) < 4.78 is 40.5. The number of pyridine rings is 2. The Bertz CT molecular complexity index is 855. The lowest BCUT2D eigenvalue weighted by Crippen LogP contribution is -2.17. The van der Waals surface area contributed by atoms with Gasteiger partial charge in [-0.15, -0.1) is 13.2 Å². The Labute approximate surface area is 133 Å². The van der Waals surface area contributed by atoms with E-state index >= 15 is 0 Å². The molecular formula is C15H9ClF3N3O. The second kappa shape index (κ2) is 5.92. The lowest BCUT2D eigenvalue weighted by Gasteiger charge is -2.10. The number of nitrogens with zero attached hydrogens (tertiary/aromatic N) is 2. The van der Waals surface area contributed by atoms with E-state index in [9.17, 15) is 13.2 Å². The van der Waals surface area contributed by atoms with Crippen molar-refractivity contribution >= 4 is 34.0 Å². The lowest BCUT2D eigenvalue weighted by atomic mass is 10.2. The number of hydrogen-bond acceptors (Lipinski definition) is 4. The highest BCUT2D eigenvalue weighted by molar-refractivity contribution is 6.35. The second-order valence-electron chi connectivity index (χ2n) is 4.58. The fourth-order valence-corrected chi connectivity index (χ4v) is 2.24. The molecule has 118 valence electrons. The molecule has 1 aromatic carbocycles. The summed E-state index contributed by atoms with van der Waals surface area (Å²) in [6.45, 7) is 0. The molecule has 2 aromatic heterocycles. The monoisotopic (exact) mass is 339 g/mol. The van der Waals surface area contributed by atoms with Gasteiger partial charge >= 0.3 is 6.36 Å². The molecule has 0 fully saturated rings. The van der Waals surface area contributed by atoms with Crippen LogP contribution < -0.4 is 10.1 Å². The topological polar surface area (TPSA) is 47.0 Å². The van der Waals surface area contributed by atoms with Crippen LogP contribution >= 0.6 is 11.6 Å². The third-order valence-electron chi connectivity index (χ3n) is 2.93. The standard InChI is InChI=1S/C15H9ClF3N3O/c16-12-3-1-2-9-8-21-14(7-11(9)12)22-13-6-10(4-5-20-13)23-15(17,18)19/h1-8H,(H,20,21,22). The summed E-state index contributed by atoms with van der Waals surface area (Å²) in [6, 6.07) is 9.34. The van der Waals surface area contributed by atoms with Gasteiger partial charge in [-0.3, -0.25) is 0 Å². The van der Waals surface area contributed by atoms with Crippen LogP contribution in [0.3, 0.4) is 0 Å². The van der Waals surface area contributed by atoms with Gasteiger partial charge < -0.3 is 10.1 Å². The molecule has 0 unspecified atom stereocenters. The van der Waals surface area contributed by atoms with Gasteiger partial charge in [-0.05, 0) is 18.2 Å². The Hall–Kier alpha value is -2.54. The van der Waals surface area contributed by atoms with E-state index < -0.39 is 6.36 Å². The van der Waals surface area contributed by atoms with Crippen molar-refractivity contribution < 1.29 is 17.9 Å². The summed E-state index contributed by atoms with van der Waals surface area (Å²) in [5.74, 6) is 0.210. The van der Waals surface area contributed by atoms with Gasteiger partial charge in [0.25, 0.3) is 0 Å². The van der Waals surface area contributed by atoms with Gasteiger partial charge in [-0.2, -0.15) is 0 Å². The summed E-state index contributed by atoms with van der Waals surface area (Å²) in [6.07, 6.45) is -1.94. The molecule has 0 radical (unpaired) electrons. The average molecular weight is 340 g/mol. The molecule has 0 saturated carbocycles. The predicted molar refractivity (Wildman–Crippen MR) is 81.0 cm³/mol. The summed E-state index contributed by atoms with van der Waals surface area (Å²) in [5, 5.41) is 5.00. The molecule has 0 aliphatic rings. The maximum atomic E-state index is 12.2. The van der Waals surface area contributed by atoms with Crippen LogP contribution in [-0.2, 0) is 0 Å². The Morgan fingerprint density at radius 3 is 2.61 bits per heavy atom. The fourth-order valence-electron chi connectivity index (χ4n) is 2.01. The molecule has 2 heterocycles. The van der Waals surface area contributed by atoms with Gasteiger partial charge in [0, 0.05) is 34.3 Å². The van der Waals surface area contributed by atoms with E-state index in [1.54, 1.807) is 24.4 Å². The number of aromatic nitrogens is 2. The van der Waals surface area contributed by atoms with E-state index in [-0.39, 0.29) is 11.6 Å². The lowest BCUT2D eigenvalue weighted by molar-refractivity contribution is -0.274. The Morgan fingerprint density at radius 2 is 1.83 bits per heavy atom. The fraction of sp³-hybridized carbons (Fsp3) is 0.0667. The first-order valence-electron chi connectivity index (χ1n) is 6.44. The number of fused-ring (bicyclic) bond motifs is 1. The smallest absolute Gasteiger partial charge is 0.406 e. The summed E-state index contributed by atoms with van der Waals surface area (Å²) in [7, 11) is 0. The molecule has 8 heteroatoms. The van der Waals surface area contributed by atoms with Crippen molar-refractivity contribution in [1.29, 1.82) is 0 Å². The van der Waals surface area contributed by atoms with E-state index in [0.717, 1.165) is 22.9 Å². The summed E-state index contributed by atoms with van der Waals surface area (Å²) in [4.78, 5) is 8.11. The largest absolute Gasteiger partial charge is 0.573 e. The van der Waals surface area contributed by atoms with Crippen molar-refractivity contribution in [2.45, 2.75) is 6.36 Å². The summed E-state index contributed by atoms with van der Waals surface area (Å²) in [5.41, 5.74) is 0. The van der Waals surface area contributed by atoms with Crippen LogP contribution in [-0.4, -0.2) is 16.3 Å². The van der Waals surface area contributed by atoms with Gasteiger partial charge in [-0.25, -0.2) is 9.97 Å². The minimum absolute atomic E-state index is 0.172.